The molecule has 8 rings (SSSR count). The molecule has 0 radical (unpaired) electrons. The van der Waals surface area contributed by atoms with Crippen LogP contribution >= 0.6 is 11.6 Å². The number of halogens is 1. The van der Waals surface area contributed by atoms with Crippen LogP contribution in [-0.2, 0) is 29.4 Å². The van der Waals surface area contributed by atoms with Gasteiger partial charge in [0.2, 0.25) is 5.91 Å². The normalized spacial score (nSPS) is 18.8. The number of carbonyl (C=O) groups is 3. The third-order valence-corrected chi connectivity index (χ3v) is 11.7. The van der Waals surface area contributed by atoms with Crippen LogP contribution in [0.25, 0.3) is 11.1 Å². The zero-order valence-corrected chi connectivity index (χ0v) is 31.7. The highest BCUT2D eigenvalue weighted by Gasteiger charge is 2.47. The lowest BCUT2D eigenvalue weighted by Gasteiger charge is -2.39. The van der Waals surface area contributed by atoms with Gasteiger partial charge in [-0.05, 0) is 48.1 Å². The van der Waals surface area contributed by atoms with Crippen molar-refractivity contribution in [2.75, 3.05) is 26.9 Å². The van der Waals surface area contributed by atoms with Crippen molar-refractivity contribution in [2.45, 2.75) is 55.8 Å². The monoisotopic (exact) mass is 754 g/mol. The Morgan fingerprint density at radius 1 is 0.782 bits per heavy atom. The molecule has 280 valence electrons. The van der Waals surface area contributed by atoms with E-state index in [-0.39, 0.29) is 30.5 Å². The predicted molar refractivity (Wildman–Crippen MR) is 211 cm³/mol. The quantitative estimate of drug-likeness (QED) is 0.105. The van der Waals surface area contributed by atoms with Crippen LogP contribution in [0.1, 0.15) is 58.6 Å². The van der Waals surface area contributed by atoms with E-state index in [1.807, 2.05) is 109 Å². The number of amides is 2. The highest BCUT2D eigenvalue weighted by atomic mass is 35.5. The van der Waals surface area contributed by atoms with Crippen molar-refractivity contribution in [3.8, 4) is 11.1 Å². The van der Waals surface area contributed by atoms with Gasteiger partial charge in [-0.1, -0.05) is 138 Å². The van der Waals surface area contributed by atoms with Gasteiger partial charge in [-0.2, -0.15) is 0 Å². The zero-order valence-electron chi connectivity index (χ0n) is 30.9. The topological polar surface area (TPSA) is 85.4 Å². The fourth-order valence-electron chi connectivity index (χ4n) is 8.60. The molecule has 8 nitrogen and oxygen atoms in total. The number of fused-ring (bicyclic) bond motifs is 5. The van der Waals surface area contributed by atoms with E-state index in [0.717, 1.165) is 40.7 Å². The van der Waals surface area contributed by atoms with Crippen molar-refractivity contribution in [1.82, 2.24) is 9.80 Å². The fraction of sp³-hybridized carbons (Fsp3) is 0.283. The Bertz CT molecular complexity index is 2150. The van der Waals surface area contributed by atoms with E-state index in [9.17, 15) is 14.4 Å². The van der Waals surface area contributed by atoms with E-state index in [1.165, 1.54) is 11.9 Å². The summed E-state index contributed by atoms with van der Waals surface area (Å²) in [4.78, 5) is 46.5. The zero-order chi connectivity index (χ0) is 38.1. The Hall–Kier alpha value is -5.44. The fourth-order valence-corrected chi connectivity index (χ4v) is 8.87. The molecule has 0 N–H and O–H groups in total. The van der Waals surface area contributed by atoms with Crippen LogP contribution < -0.4 is 0 Å². The number of ether oxygens (including phenoxy) is 3. The average molecular weight is 755 g/mol. The van der Waals surface area contributed by atoms with Gasteiger partial charge in [0.05, 0.1) is 31.7 Å². The smallest absolute Gasteiger partial charge is 0.410 e. The molecule has 55 heavy (non-hydrogen) atoms. The number of aryl methyl sites for hydroxylation is 1. The summed E-state index contributed by atoms with van der Waals surface area (Å²) in [6, 6.07) is 39.3. The van der Waals surface area contributed by atoms with Crippen LogP contribution in [0.5, 0.6) is 0 Å². The number of hydrogen-bond donors (Lipinski definition) is 0. The van der Waals surface area contributed by atoms with Crippen LogP contribution in [-0.4, -0.2) is 72.8 Å². The summed E-state index contributed by atoms with van der Waals surface area (Å²) in [7, 11) is 1.52. The Labute approximate surface area is 326 Å². The van der Waals surface area contributed by atoms with Crippen molar-refractivity contribution in [2.24, 2.45) is 0 Å². The minimum atomic E-state index is -1.47. The molecule has 3 aliphatic rings. The molecule has 5 aromatic carbocycles. The summed E-state index contributed by atoms with van der Waals surface area (Å²) in [5, 5.41) is 0.410. The van der Waals surface area contributed by atoms with Crippen molar-refractivity contribution < 1.29 is 28.6 Å². The third-order valence-electron chi connectivity index (χ3n) is 11.4. The average Bonchev–Trinajstić information content (AvgIpc) is 3.67. The van der Waals surface area contributed by atoms with Gasteiger partial charge in [0.15, 0.2) is 5.60 Å². The van der Waals surface area contributed by atoms with Gasteiger partial charge in [0, 0.05) is 34.7 Å². The number of nitrogens with zero attached hydrogens (tertiary/aromatic N) is 2. The van der Waals surface area contributed by atoms with E-state index in [1.54, 1.807) is 6.07 Å². The number of likely N-dealkylation sites (N-methyl/N-ethyl adjacent to an activating group) is 1. The Morgan fingerprint density at radius 3 is 1.98 bits per heavy atom. The van der Waals surface area contributed by atoms with Crippen LogP contribution in [0.4, 0.5) is 4.79 Å². The summed E-state index contributed by atoms with van der Waals surface area (Å²) in [6.45, 7) is 2.88. The molecule has 0 saturated carbocycles. The second-order valence-corrected chi connectivity index (χ2v) is 15.1. The number of esters is 1. The van der Waals surface area contributed by atoms with Gasteiger partial charge in [-0.3, -0.25) is 14.5 Å². The predicted octanol–water partition coefficient (Wildman–Crippen LogP) is 8.51. The standard InChI is InChI=1S/C46H43ClN2O6/c1-30-20-22-32(23-21-30)46(31-12-4-3-5-13-31,40-18-10-11-19-41(40)47)55-43(50)26-42(44(51)49-33-24-25-34(49)28-53-27-33)48(2)45(52)54-29-39-37-16-8-6-14-35(37)36-15-7-9-17-38(36)39/h3-23,33-34,39,42H,24-29H2,1-2H3/t33?,34?,42-,46?/m0/s1. The summed E-state index contributed by atoms with van der Waals surface area (Å²) >= 11 is 6.93. The lowest BCUT2D eigenvalue weighted by molar-refractivity contribution is -0.159. The minimum Gasteiger partial charge on any atom is -0.448 e. The molecule has 2 heterocycles. The molecule has 0 aromatic heterocycles. The van der Waals surface area contributed by atoms with Crippen molar-refractivity contribution in [3.63, 3.8) is 0 Å². The molecule has 5 aromatic rings. The summed E-state index contributed by atoms with van der Waals surface area (Å²) in [5.74, 6) is -1.18. The number of benzene rings is 5. The molecule has 4 atom stereocenters. The second kappa shape index (κ2) is 15.4. The first-order valence-electron chi connectivity index (χ1n) is 18.8. The first-order valence-corrected chi connectivity index (χ1v) is 19.2. The molecule has 2 aliphatic heterocycles. The summed E-state index contributed by atoms with van der Waals surface area (Å²) < 4.78 is 18.5. The largest absolute Gasteiger partial charge is 0.448 e. The van der Waals surface area contributed by atoms with Gasteiger partial charge >= 0.3 is 12.1 Å². The van der Waals surface area contributed by atoms with Crippen LogP contribution in [0, 0.1) is 6.92 Å². The molecule has 2 bridgehead atoms. The number of carbonyl (C=O) groups excluding carboxylic acids is 3. The molecular weight excluding hydrogens is 712 g/mol. The first kappa shape index (κ1) is 36.5. The third kappa shape index (κ3) is 6.78. The Morgan fingerprint density at radius 2 is 1.35 bits per heavy atom. The van der Waals surface area contributed by atoms with E-state index in [4.69, 9.17) is 25.8 Å². The first-order chi connectivity index (χ1) is 26.8. The van der Waals surface area contributed by atoms with Gasteiger partial charge in [-0.25, -0.2) is 4.79 Å². The molecular formula is C46H43ClN2O6. The van der Waals surface area contributed by atoms with Gasteiger partial charge in [0.25, 0.3) is 0 Å². The van der Waals surface area contributed by atoms with Crippen molar-refractivity contribution in [1.29, 1.82) is 0 Å². The number of hydrogen-bond acceptors (Lipinski definition) is 6. The van der Waals surface area contributed by atoms with Crippen LogP contribution in [0.3, 0.4) is 0 Å². The highest BCUT2D eigenvalue weighted by molar-refractivity contribution is 6.31. The van der Waals surface area contributed by atoms with Crippen LogP contribution in [0.2, 0.25) is 5.02 Å². The summed E-state index contributed by atoms with van der Waals surface area (Å²) in [6.07, 6.45) is 0.465. The van der Waals surface area contributed by atoms with E-state index in [0.29, 0.717) is 34.9 Å². The molecule has 0 spiro atoms. The SMILES string of the molecule is Cc1ccc(C(OC(=O)C[C@@H](C(=O)N2C3CCC2COC3)N(C)C(=O)OCC2c3ccccc3-c3ccccc32)(c2ccccc2)c2ccccc2Cl)cc1. The lowest BCUT2D eigenvalue weighted by atomic mass is 9.79. The van der Waals surface area contributed by atoms with Crippen molar-refractivity contribution >= 4 is 29.6 Å². The minimum absolute atomic E-state index is 0.0718. The maximum Gasteiger partial charge on any atom is 0.410 e. The molecule has 9 heteroatoms. The van der Waals surface area contributed by atoms with Gasteiger partial charge in [-0.15, -0.1) is 0 Å². The Kier molecular flexibility index (Phi) is 10.2. The second-order valence-electron chi connectivity index (χ2n) is 14.7. The molecule has 1 aliphatic carbocycles. The number of rotatable bonds is 10. The lowest BCUT2D eigenvalue weighted by Crippen LogP contribution is -2.57. The molecule has 2 fully saturated rings. The maximum atomic E-state index is 14.7. The van der Waals surface area contributed by atoms with Crippen LogP contribution in [0.15, 0.2) is 127 Å². The number of morpholine rings is 1. The maximum absolute atomic E-state index is 14.7. The molecule has 2 saturated heterocycles. The molecule has 2 amide bonds. The molecule has 3 unspecified atom stereocenters. The van der Waals surface area contributed by atoms with E-state index in [2.05, 4.69) is 24.3 Å². The van der Waals surface area contributed by atoms with Gasteiger partial charge < -0.3 is 19.1 Å². The van der Waals surface area contributed by atoms with Gasteiger partial charge in [0.1, 0.15) is 12.6 Å². The Balaban J connectivity index is 1.12. The van der Waals surface area contributed by atoms with E-state index < -0.39 is 30.1 Å². The van der Waals surface area contributed by atoms with Crippen molar-refractivity contribution in [3.05, 3.63) is 166 Å². The van der Waals surface area contributed by atoms with E-state index >= 15 is 0 Å². The summed E-state index contributed by atoms with van der Waals surface area (Å²) in [5.41, 5.74) is 5.87. The highest BCUT2D eigenvalue weighted by Crippen LogP contribution is 2.46.